The molecule has 1 heterocycles. The van der Waals surface area contributed by atoms with Gasteiger partial charge < -0.3 is 15.1 Å². The summed E-state index contributed by atoms with van der Waals surface area (Å²) < 4.78 is 13.5. The van der Waals surface area contributed by atoms with Gasteiger partial charge in [-0.1, -0.05) is 13.8 Å². The molecule has 0 saturated carbocycles. The Hall–Kier alpha value is -1.13. The average Bonchev–Trinajstić information content (AvgIpc) is 2.37. The molecule has 1 saturated heterocycles. The van der Waals surface area contributed by atoms with Crippen LogP contribution in [0.1, 0.15) is 26.3 Å². The minimum absolute atomic E-state index is 0.156. The first-order valence-electron chi connectivity index (χ1n) is 7.44. The highest BCUT2D eigenvalue weighted by Crippen LogP contribution is 2.25. The van der Waals surface area contributed by atoms with Gasteiger partial charge in [-0.2, -0.15) is 0 Å². The number of anilines is 1. The molecule has 0 spiro atoms. The monoisotopic (exact) mass is 279 g/mol. The van der Waals surface area contributed by atoms with Crippen LogP contribution in [0.4, 0.5) is 10.1 Å². The topological polar surface area (TPSA) is 18.5 Å². The number of nitrogens with zero attached hydrogens (tertiary/aromatic N) is 2. The van der Waals surface area contributed by atoms with Gasteiger partial charge in [-0.15, -0.1) is 0 Å². The van der Waals surface area contributed by atoms with Crippen molar-refractivity contribution < 1.29 is 4.39 Å². The van der Waals surface area contributed by atoms with Crippen molar-refractivity contribution in [1.82, 2.24) is 10.2 Å². The zero-order chi connectivity index (χ0) is 14.7. The SMILES string of the molecule is CC(C)NCc1cc(F)ccc1N1CCN(C)CC1C. The minimum atomic E-state index is -0.156. The fourth-order valence-corrected chi connectivity index (χ4v) is 2.79. The van der Waals surface area contributed by atoms with Crippen LogP contribution in [0.15, 0.2) is 18.2 Å². The molecule has 1 aliphatic rings. The molecule has 0 aromatic heterocycles. The van der Waals surface area contributed by atoms with Crippen LogP contribution in [-0.4, -0.2) is 43.7 Å². The maximum atomic E-state index is 13.5. The van der Waals surface area contributed by atoms with E-state index in [0.717, 1.165) is 25.2 Å². The molecule has 0 amide bonds. The molecule has 1 aromatic carbocycles. The zero-order valence-corrected chi connectivity index (χ0v) is 13.0. The van der Waals surface area contributed by atoms with Gasteiger partial charge in [0, 0.05) is 44.0 Å². The van der Waals surface area contributed by atoms with Crippen LogP contribution in [0.5, 0.6) is 0 Å². The van der Waals surface area contributed by atoms with E-state index in [0.29, 0.717) is 18.6 Å². The first kappa shape index (κ1) is 15.3. The Labute approximate surface area is 121 Å². The molecule has 112 valence electrons. The lowest BCUT2D eigenvalue weighted by atomic mass is 10.1. The van der Waals surface area contributed by atoms with Crippen LogP contribution >= 0.6 is 0 Å². The summed E-state index contributed by atoms with van der Waals surface area (Å²) in [6, 6.07) is 6.01. The lowest BCUT2D eigenvalue weighted by Crippen LogP contribution is -2.51. The van der Waals surface area contributed by atoms with Crippen LogP contribution in [0.3, 0.4) is 0 Å². The van der Waals surface area contributed by atoms with Gasteiger partial charge in [-0.3, -0.25) is 0 Å². The van der Waals surface area contributed by atoms with Crippen molar-refractivity contribution in [2.45, 2.75) is 39.4 Å². The summed E-state index contributed by atoms with van der Waals surface area (Å²) in [6.07, 6.45) is 0. The van der Waals surface area contributed by atoms with E-state index in [1.54, 1.807) is 12.1 Å². The number of nitrogens with one attached hydrogen (secondary N) is 1. The predicted octanol–water partition coefficient (Wildman–Crippen LogP) is 2.46. The second-order valence-electron chi connectivity index (χ2n) is 6.11. The summed E-state index contributed by atoms with van der Waals surface area (Å²) in [7, 11) is 2.15. The second-order valence-corrected chi connectivity index (χ2v) is 6.11. The van der Waals surface area contributed by atoms with Crippen molar-refractivity contribution in [3.8, 4) is 0 Å². The number of piperazine rings is 1. The van der Waals surface area contributed by atoms with Crippen LogP contribution in [0, 0.1) is 5.82 Å². The van der Waals surface area contributed by atoms with Crippen molar-refractivity contribution in [3.05, 3.63) is 29.6 Å². The molecular formula is C16H26FN3. The Balaban J connectivity index is 2.21. The van der Waals surface area contributed by atoms with Crippen molar-refractivity contribution in [1.29, 1.82) is 0 Å². The molecule has 20 heavy (non-hydrogen) atoms. The molecule has 2 rings (SSSR count). The first-order chi connectivity index (χ1) is 9.47. The number of likely N-dealkylation sites (N-methyl/N-ethyl adjacent to an activating group) is 1. The van der Waals surface area contributed by atoms with E-state index in [1.165, 1.54) is 5.69 Å². The minimum Gasteiger partial charge on any atom is -0.366 e. The van der Waals surface area contributed by atoms with Gasteiger partial charge in [0.25, 0.3) is 0 Å². The first-order valence-corrected chi connectivity index (χ1v) is 7.44. The highest BCUT2D eigenvalue weighted by molar-refractivity contribution is 5.55. The Morgan fingerprint density at radius 3 is 2.75 bits per heavy atom. The Bertz CT molecular complexity index is 447. The third-order valence-electron chi connectivity index (χ3n) is 3.88. The fourth-order valence-electron chi connectivity index (χ4n) is 2.79. The number of benzene rings is 1. The zero-order valence-electron chi connectivity index (χ0n) is 13.0. The third kappa shape index (κ3) is 3.70. The Kier molecular flexibility index (Phi) is 5.00. The van der Waals surface area contributed by atoms with Gasteiger partial charge in [-0.05, 0) is 37.7 Å². The third-order valence-corrected chi connectivity index (χ3v) is 3.88. The maximum absolute atomic E-state index is 13.5. The number of hydrogen-bond donors (Lipinski definition) is 1. The van der Waals surface area contributed by atoms with E-state index in [4.69, 9.17) is 0 Å². The fraction of sp³-hybridized carbons (Fsp3) is 0.625. The van der Waals surface area contributed by atoms with Gasteiger partial charge in [0.15, 0.2) is 0 Å². The molecule has 1 aromatic rings. The molecule has 4 heteroatoms. The van der Waals surface area contributed by atoms with Gasteiger partial charge >= 0.3 is 0 Å². The second kappa shape index (κ2) is 6.55. The highest BCUT2D eigenvalue weighted by atomic mass is 19.1. The summed E-state index contributed by atoms with van der Waals surface area (Å²) in [5.74, 6) is -0.156. The summed E-state index contributed by atoms with van der Waals surface area (Å²) >= 11 is 0. The normalized spacial score (nSPS) is 20.7. The molecule has 1 aliphatic heterocycles. The maximum Gasteiger partial charge on any atom is 0.123 e. The number of halogens is 1. The lowest BCUT2D eigenvalue weighted by Gasteiger charge is -2.40. The molecule has 0 radical (unpaired) electrons. The van der Waals surface area contributed by atoms with E-state index in [-0.39, 0.29) is 5.82 Å². The molecular weight excluding hydrogens is 253 g/mol. The van der Waals surface area contributed by atoms with Crippen LogP contribution in [0.2, 0.25) is 0 Å². The standard InChI is InChI=1S/C16H26FN3/c1-12(2)18-10-14-9-15(17)5-6-16(14)20-8-7-19(4)11-13(20)3/h5-6,9,12-13,18H,7-8,10-11H2,1-4H3. The molecule has 1 atom stereocenters. The van der Waals surface area contributed by atoms with Gasteiger partial charge in [0.2, 0.25) is 0 Å². The summed E-state index contributed by atoms with van der Waals surface area (Å²) in [4.78, 5) is 4.74. The average molecular weight is 279 g/mol. The highest BCUT2D eigenvalue weighted by Gasteiger charge is 2.23. The molecule has 3 nitrogen and oxygen atoms in total. The van der Waals surface area contributed by atoms with Crippen molar-refractivity contribution in [2.75, 3.05) is 31.6 Å². The van der Waals surface area contributed by atoms with Crippen molar-refractivity contribution in [2.24, 2.45) is 0 Å². The van der Waals surface area contributed by atoms with Gasteiger partial charge in [0.05, 0.1) is 0 Å². The Morgan fingerprint density at radius 1 is 1.35 bits per heavy atom. The largest absolute Gasteiger partial charge is 0.366 e. The van der Waals surface area contributed by atoms with Gasteiger partial charge in [-0.25, -0.2) is 4.39 Å². The van der Waals surface area contributed by atoms with E-state index in [9.17, 15) is 4.39 Å². The van der Waals surface area contributed by atoms with Crippen LogP contribution in [0.25, 0.3) is 0 Å². The smallest absolute Gasteiger partial charge is 0.123 e. The molecule has 0 aliphatic carbocycles. The van der Waals surface area contributed by atoms with E-state index in [2.05, 4.69) is 42.9 Å². The van der Waals surface area contributed by atoms with E-state index in [1.807, 2.05) is 6.07 Å². The summed E-state index contributed by atoms with van der Waals surface area (Å²) in [5.41, 5.74) is 2.22. The summed E-state index contributed by atoms with van der Waals surface area (Å²) in [5, 5.41) is 3.39. The van der Waals surface area contributed by atoms with Crippen molar-refractivity contribution >= 4 is 5.69 Å². The van der Waals surface area contributed by atoms with E-state index >= 15 is 0 Å². The number of hydrogen-bond acceptors (Lipinski definition) is 3. The van der Waals surface area contributed by atoms with Gasteiger partial charge in [0.1, 0.15) is 5.82 Å². The quantitative estimate of drug-likeness (QED) is 0.913. The Morgan fingerprint density at radius 2 is 2.10 bits per heavy atom. The molecule has 1 N–H and O–H groups in total. The molecule has 0 bridgehead atoms. The number of rotatable bonds is 4. The predicted molar refractivity (Wildman–Crippen MR) is 82.7 cm³/mol. The molecule has 1 fully saturated rings. The summed E-state index contributed by atoms with van der Waals surface area (Å²) in [6.45, 7) is 10.3. The molecule has 1 unspecified atom stereocenters. The van der Waals surface area contributed by atoms with Crippen LogP contribution < -0.4 is 10.2 Å². The van der Waals surface area contributed by atoms with Crippen molar-refractivity contribution in [3.63, 3.8) is 0 Å². The lowest BCUT2D eigenvalue weighted by molar-refractivity contribution is 0.275. The van der Waals surface area contributed by atoms with E-state index < -0.39 is 0 Å². The van der Waals surface area contributed by atoms with Crippen LogP contribution in [-0.2, 0) is 6.54 Å².